The van der Waals surface area contributed by atoms with E-state index in [0.29, 0.717) is 6.54 Å². The van der Waals surface area contributed by atoms with E-state index < -0.39 is 0 Å². The number of aryl methyl sites for hydroxylation is 2. The highest BCUT2D eigenvalue weighted by molar-refractivity contribution is 7.11. The lowest BCUT2D eigenvalue weighted by atomic mass is 10.3. The van der Waals surface area contributed by atoms with Crippen LogP contribution in [0.1, 0.15) is 22.0 Å². The fourth-order valence-corrected chi connectivity index (χ4v) is 3.00. The Hall–Kier alpha value is -0.940. The van der Waals surface area contributed by atoms with Gasteiger partial charge in [0.15, 0.2) is 0 Å². The number of methoxy groups -OCH3 is 1. The van der Waals surface area contributed by atoms with Crippen LogP contribution >= 0.6 is 11.3 Å². The predicted molar refractivity (Wildman–Crippen MR) is 62.7 cm³/mol. The summed E-state index contributed by atoms with van der Waals surface area (Å²) in [4.78, 5) is 17.1. The molecule has 1 aromatic rings. The molecule has 0 atom stereocenters. The Morgan fingerprint density at radius 1 is 1.56 bits per heavy atom. The Labute approximate surface area is 99.0 Å². The third-order valence-electron chi connectivity index (χ3n) is 2.58. The molecule has 1 aliphatic carbocycles. The molecule has 2 rings (SSSR count). The summed E-state index contributed by atoms with van der Waals surface area (Å²) in [6, 6.07) is 0. The van der Waals surface area contributed by atoms with Gasteiger partial charge in [0, 0.05) is 25.0 Å². The molecule has 0 unspecified atom stereocenters. The zero-order valence-corrected chi connectivity index (χ0v) is 10.2. The number of thiazole rings is 1. The van der Waals surface area contributed by atoms with E-state index in [1.165, 1.54) is 30.5 Å². The van der Waals surface area contributed by atoms with E-state index in [9.17, 15) is 4.79 Å². The molecule has 1 heterocycles. The van der Waals surface area contributed by atoms with Crippen LogP contribution in [0.2, 0.25) is 0 Å². The van der Waals surface area contributed by atoms with Gasteiger partial charge in [-0.2, -0.15) is 0 Å². The Bertz CT molecular complexity index is 355. The lowest BCUT2D eigenvalue weighted by molar-refractivity contribution is -0.124. The van der Waals surface area contributed by atoms with Crippen LogP contribution in [0.15, 0.2) is 0 Å². The zero-order valence-electron chi connectivity index (χ0n) is 9.41. The van der Waals surface area contributed by atoms with Crippen LogP contribution in [0.4, 0.5) is 0 Å². The van der Waals surface area contributed by atoms with Crippen molar-refractivity contribution in [3.63, 3.8) is 0 Å². The van der Waals surface area contributed by atoms with E-state index in [1.54, 1.807) is 11.3 Å². The van der Waals surface area contributed by atoms with E-state index >= 15 is 0 Å². The maximum Gasteiger partial charge on any atom is 0.245 e. The molecule has 0 aromatic carbocycles. The smallest absolute Gasteiger partial charge is 0.245 e. The highest BCUT2D eigenvalue weighted by Crippen LogP contribution is 2.27. The highest BCUT2D eigenvalue weighted by Gasteiger charge is 2.16. The van der Waals surface area contributed by atoms with Gasteiger partial charge in [0.2, 0.25) is 5.91 Å². The SMILES string of the molecule is COCC(=O)NCCc1nc2c(s1)CCC2. The summed E-state index contributed by atoms with van der Waals surface area (Å²) >= 11 is 1.79. The van der Waals surface area contributed by atoms with Gasteiger partial charge in [0.1, 0.15) is 6.61 Å². The van der Waals surface area contributed by atoms with Crippen LogP contribution < -0.4 is 5.32 Å². The number of aromatic nitrogens is 1. The zero-order chi connectivity index (χ0) is 11.4. The molecule has 0 bridgehead atoms. The van der Waals surface area contributed by atoms with Crippen molar-refractivity contribution in [3.8, 4) is 0 Å². The van der Waals surface area contributed by atoms with Crippen LogP contribution in [0.3, 0.4) is 0 Å². The van der Waals surface area contributed by atoms with Gasteiger partial charge in [0.25, 0.3) is 0 Å². The molecule has 0 spiro atoms. The van der Waals surface area contributed by atoms with Gasteiger partial charge in [-0.1, -0.05) is 0 Å². The summed E-state index contributed by atoms with van der Waals surface area (Å²) in [6.45, 7) is 0.781. The molecule has 0 aliphatic heterocycles. The molecule has 88 valence electrons. The van der Waals surface area contributed by atoms with Crippen molar-refractivity contribution in [2.45, 2.75) is 25.7 Å². The third-order valence-corrected chi connectivity index (χ3v) is 3.79. The Morgan fingerprint density at radius 2 is 2.44 bits per heavy atom. The van der Waals surface area contributed by atoms with Crippen LogP contribution in [0.5, 0.6) is 0 Å². The van der Waals surface area contributed by atoms with E-state index in [4.69, 9.17) is 4.74 Å². The van der Waals surface area contributed by atoms with Crippen LogP contribution in [0.25, 0.3) is 0 Å². The highest BCUT2D eigenvalue weighted by atomic mass is 32.1. The maximum atomic E-state index is 11.1. The second-order valence-corrected chi connectivity index (χ2v) is 5.03. The molecule has 1 aromatic heterocycles. The van der Waals surface area contributed by atoms with E-state index in [-0.39, 0.29) is 12.5 Å². The minimum atomic E-state index is -0.0633. The molecule has 4 nitrogen and oxygen atoms in total. The molecule has 1 aliphatic rings. The van der Waals surface area contributed by atoms with Gasteiger partial charge >= 0.3 is 0 Å². The maximum absolute atomic E-state index is 11.1. The fraction of sp³-hybridized carbons (Fsp3) is 0.636. The summed E-state index contributed by atoms with van der Waals surface area (Å²) in [7, 11) is 1.52. The van der Waals surface area contributed by atoms with Crippen molar-refractivity contribution in [1.29, 1.82) is 0 Å². The predicted octanol–water partition coefficient (Wildman–Crippen LogP) is 0.937. The van der Waals surface area contributed by atoms with Gasteiger partial charge in [-0.3, -0.25) is 4.79 Å². The average Bonchev–Trinajstić information content (AvgIpc) is 2.78. The molecular weight excluding hydrogens is 224 g/mol. The first kappa shape index (κ1) is 11.5. The fourth-order valence-electron chi connectivity index (χ4n) is 1.84. The van der Waals surface area contributed by atoms with Crippen molar-refractivity contribution >= 4 is 17.2 Å². The Kier molecular flexibility index (Phi) is 3.90. The van der Waals surface area contributed by atoms with Gasteiger partial charge in [-0.15, -0.1) is 11.3 Å². The molecule has 1 N–H and O–H groups in total. The van der Waals surface area contributed by atoms with Crippen LogP contribution in [0, 0.1) is 0 Å². The van der Waals surface area contributed by atoms with Gasteiger partial charge < -0.3 is 10.1 Å². The molecule has 16 heavy (non-hydrogen) atoms. The number of carbonyl (C=O) groups excluding carboxylic acids is 1. The van der Waals surface area contributed by atoms with Gasteiger partial charge in [-0.05, 0) is 19.3 Å². The normalized spacial score (nSPS) is 13.8. The first-order valence-electron chi connectivity index (χ1n) is 5.52. The average molecular weight is 240 g/mol. The lowest BCUT2D eigenvalue weighted by Gasteiger charge is -2.02. The quantitative estimate of drug-likeness (QED) is 0.833. The van der Waals surface area contributed by atoms with E-state index in [1.807, 2.05) is 0 Å². The van der Waals surface area contributed by atoms with Crippen molar-refractivity contribution in [2.24, 2.45) is 0 Å². The second kappa shape index (κ2) is 5.41. The largest absolute Gasteiger partial charge is 0.375 e. The Morgan fingerprint density at radius 3 is 3.19 bits per heavy atom. The summed E-state index contributed by atoms with van der Waals surface area (Å²) < 4.78 is 4.73. The number of rotatable bonds is 5. The standard InChI is InChI=1S/C11H16N2O2S/c1-15-7-10(14)12-6-5-11-13-8-3-2-4-9(8)16-11/h2-7H2,1H3,(H,12,14). The number of carbonyl (C=O) groups is 1. The molecule has 0 fully saturated rings. The number of hydrogen-bond acceptors (Lipinski definition) is 4. The molecule has 0 radical (unpaired) electrons. The number of nitrogens with one attached hydrogen (secondary N) is 1. The lowest BCUT2D eigenvalue weighted by Crippen LogP contribution is -2.28. The first-order chi connectivity index (χ1) is 7.79. The van der Waals surface area contributed by atoms with Crippen molar-refractivity contribution in [1.82, 2.24) is 10.3 Å². The molecule has 0 saturated heterocycles. The van der Waals surface area contributed by atoms with E-state index in [2.05, 4.69) is 10.3 Å². The third kappa shape index (κ3) is 2.80. The van der Waals surface area contributed by atoms with Gasteiger partial charge in [-0.25, -0.2) is 4.98 Å². The number of fused-ring (bicyclic) bond motifs is 1. The molecule has 5 heteroatoms. The number of amides is 1. The van der Waals surface area contributed by atoms with Crippen LogP contribution in [-0.2, 0) is 28.8 Å². The van der Waals surface area contributed by atoms with E-state index in [0.717, 1.165) is 17.8 Å². The van der Waals surface area contributed by atoms with Crippen molar-refractivity contribution in [3.05, 3.63) is 15.6 Å². The van der Waals surface area contributed by atoms with Crippen LogP contribution in [-0.4, -0.2) is 31.2 Å². The second-order valence-electron chi connectivity index (χ2n) is 3.86. The molecule has 1 amide bonds. The number of hydrogen-bond donors (Lipinski definition) is 1. The Balaban J connectivity index is 1.75. The monoisotopic (exact) mass is 240 g/mol. The van der Waals surface area contributed by atoms with Gasteiger partial charge in [0.05, 0.1) is 10.7 Å². The minimum absolute atomic E-state index is 0.0633. The summed E-state index contributed by atoms with van der Waals surface area (Å²) in [5.41, 5.74) is 1.28. The summed E-state index contributed by atoms with van der Waals surface area (Å²) in [5.74, 6) is -0.0633. The van der Waals surface area contributed by atoms with Crippen molar-refractivity contribution < 1.29 is 9.53 Å². The van der Waals surface area contributed by atoms with Crippen molar-refractivity contribution in [2.75, 3.05) is 20.3 Å². The first-order valence-corrected chi connectivity index (χ1v) is 6.34. The minimum Gasteiger partial charge on any atom is -0.375 e. The summed E-state index contributed by atoms with van der Waals surface area (Å²) in [5, 5.41) is 3.94. The summed E-state index contributed by atoms with van der Waals surface area (Å²) in [6.07, 6.45) is 4.39. The number of nitrogens with zero attached hydrogens (tertiary/aromatic N) is 1. The molecular formula is C11H16N2O2S. The number of ether oxygens (including phenoxy) is 1. The topological polar surface area (TPSA) is 51.2 Å². The molecule has 0 saturated carbocycles.